The zero-order chi connectivity index (χ0) is 17.4. The van der Waals surface area contributed by atoms with Crippen LogP contribution in [-0.4, -0.2) is 19.6 Å². The van der Waals surface area contributed by atoms with Crippen LogP contribution in [0.1, 0.15) is 6.92 Å². The molecule has 5 nitrogen and oxygen atoms in total. The average Bonchev–Trinajstić information content (AvgIpc) is 3.04. The Bertz CT molecular complexity index is 1070. The van der Waals surface area contributed by atoms with Crippen LogP contribution in [0.4, 0.5) is 5.95 Å². The van der Waals surface area contributed by atoms with Crippen LogP contribution in [0.15, 0.2) is 60.9 Å². The highest BCUT2D eigenvalue weighted by Crippen LogP contribution is 2.36. The van der Waals surface area contributed by atoms with E-state index in [0.717, 1.165) is 23.2 Å². The fourth-order valence-corrected chi connectivity index (χ4v) is 3.11. The molecule has 0 unspecified atom stereocenters. The number of aryl methyl sites for hydroxylation is 1. The van der Waals surface area contributed by atoms with Gasteiger partial charge in [0.15, 0.2) is 0 Å². The lowest BCUT2D eigenvalue weighted by Gasteiger charge is -2.11. The van der Waals surface area contributed by atoms with Crippen LogP contribution in [-0.2, 0) is 6.54 Å². The topological polar surface area (TPSA) is 77.0 Å². The monoisotopic (exact) mass is 330 g/mol. The van der Waals surface area contributed by atoms with Gasteiger partial charge in [0, 0.05) is 35.6 Å². The zero-order valence-corrected chi connectivity index (χ0v) is 13.8. The molecule has 0 aliphatic heterocycles. The van der Waals surface area contributed by atoms with Crippen LogP contribution in [0, 0.1) is 0 Å². The highest BCUT2D eigenvalue weighted by atomic mass is 16.3. The van der Waals surface area contributed by atoms with Crippen molar-refractivity contribution in [3.63, 3.8) is 0 Å². The third-order valence-electron chi connectivity index (χ3n) is 4.39. The van der Waals surface area contributed by atoms with E-state index in [1.165, 1.54) is 5.39 Å². The second-order valence-corrected chi connectivity index (χ2v) is 5.88. The molecule has 0 spiro atoms. The van der Waals surface area contributed by atoms with Gasteiger partial charge in [-0.25, -0.2) is 9.97 Å². The van der Waals surface area contributed by atoms with Gasteiger partial charge in [0.05, 0.1) is 5.69 Å². The average molecular weight is 330 g/mol. The summed E-state index contributed by atoms with van der Waals surface area (Å²) in [5.74, 6) is 0.347. The number of para-hydroxylation sites is 1. The maximum Gasteiger partial charge on any atom is 0.220 e. The maximum atomic E-state index is 10.2. The molecule has 0 aliphatic rings. The molecule has 0 saturated carbocycles. The van der Waals surface area contributed by atoms with Gasteiger partial charge in [0.1, 0.15) is 5.75 Å². The van der Waals surface area contributed by atoms with E-state index in [9.17, 15) is 5.11 Å². The van der Waals surface area contributed by atoms with Crippen LogP contribution in [0.25, 0.3) is 33.3 Å². The van der Waals surface area contributed by atoms with Gasteiger partial charge in [-0.15, -0.1) is 0 Å². The van der Waals surface area contributed by atoms with Gasteiger partial charge in [-0.1, -0.05) is 24.3 Å². The van der Waals surface area contributed by atoms with Crippen molar-refractivity contribution in [1.29, 1.82) is 0 Å². The smallest absolute Gasteiger partial charge is 0.220 e. The van der Waals surface area contributed by atoms with E-state index in [0.29, 0.717) is 11.3 Å². The van der Waals surface area contributed by atoms with Crippen LogP contribution in [0.5, 0.6) is 5.75 Å². The van der Waals surface area contributed by atoms with E-state index in [2.05, 4.69) is 45.9 Å². The van der Waals surface area contributed by atoms with Crippen molar-refractivity contribution < 1.29 is 5.11 Å². The number of anilines is 1. The minimum atomic E-state index is 0.167. The van der Waals surface area contributed by atoms with E-state index in [-0.39, 0.29) is 11.7 Å². The number of rotatable bonds is 3. The van der Waals surface area contributed by atoms with E-state index >= 15 is 0 Å². The molecule has 4 rings (SSSR count). The first-order valence-electron chi connectivity index (χ1n) is 8.17. The largest absolute Gasteiger partial charge is 0.507 e. The Morgan fingerprint density at radius 3 is 2.72 bits per heavy atom. The van der Waals surface area contributed by atoms with Crippen molar-refractivity contribution in [2.75, 3.05) is 5.73 Å². The minimum absolute atomic E-state index is 0.167. The van der Waals surface area contributed by atoms with Gasteiger partial charge >= 0.3 is 0 Å². The third-order valence-corrected chi connectivity index (χ3v) is 4.39. The highest BCUT2D eigenvalue weighted by molar-refractivity contribution is 5.90. The Morgan fingerprint density at radius 2 is 1.92 bits per heavy atom. The van der Waals surface area contributed by atoms with E-state index < -0.39 is 0 Å². The van der Waals surface area contributed by atoms with Crippen molar-refractivity contribution in [2.24, 2.45) is 0 Å². The SMILES string of the molecule is CCn1ccc2ccc(-c3cnc(N)nc3-c3ccccc3O)cc21. The second-order valence-electron chi connectivity index (χ2n) is 5.88. The van der Waals surface area contributed by atoms with Gasteiger partial charge in [-0.2, -0.15) is 0 Å². The molecule has 0 fully saturated rings. The summed E-state index contributed by atoms with van der Waals surface area (Å²) in [5.41, 5.74) is 10.0. The molecular weight excluding hydrogens is 312 g/mol. The summed E-state index contributed by atoms with van der Waals surface area (Å²) in [6.45, 7) is 3.02. The van der Waals surface area contributed by atoms with E-state index in [1.807, 2.05) is 18.2 Å². The molecule has 0 atom stereocenters. The van der Waals surface area contributed by atoms with Gasteiger partial charge in [0.25, 0.3) is 0 Å². The van der Waals surface area contributed by atoms with Crippen LogP contribution in [0.3, 0.4) is 0 Å². The summed E-state index contributed by atoms with van der Waals surface area (Å²) < 4.78 is 2.19. The summed E-state index contributed by atoms with van der Waals surface area (Å²) in [5, 5.41) is 11.4. The number of phenols is 1. The maximum absolute atomic E-state index is 10.2. The Hall–Kier alpha value is -3.34. The van der Waals surface area contributed by atoms with E-state index in [4.69, 9.17) is 5.73 Å². The summed E-state index contributed by atoms with van der Waals surface area (Å²) in [4.78, 5) is 8.55. The van der Waals surface area contributed by atoms with Crippen molar-refractivity contribution in [3.8, 4) is 28.1 Å². The van der Waals surface area contributed by atoms with Crippen molar-refractivity contribution in [2.45, 2.75) is 13.5 Å². The predicted octanol–water partition coefficient (Wildman–Crippen LogP) is 4.07. The molecule has 5 heteroatoms. The Labute approximate surface area is 145 Å². The van der Waals surface area contributed by atoms with Crippen molar-refractivity contribution >= 4 is 16.9 Å². The summed E-state index contributed by atoms with van der Waals surface area (Å²) in [6.07, 6.45) is 3.79. The number of aromatic hydroxyl groups is 1. The fraction of sp³-hybridized carbons (Fsp3) is 0.100. The summed E-state index contributed by atoms with van der Waals surface area (Å²) in [6, 6.07) is 15.5. The first kappa shape index (κ1) is 15.2. The first-order valence-corrected chi connectivity index (χ1v) is 8.17. The molecule has 0 amide bonds. The summed E-state index contributed by atoms with van der Waals surface area (Å²) in [7, 11) is 0. The quantitative estimate of drug-likeness (QED) is 0.593. The number of nitrogen functional groups attached to an aromatic ring is 1. The first-order chi connectivity index (χ1) is 12.2. The number of benzene rings is 2. The molecule has 3 N–H and O–H groups in total. The molecule has 25 heavy (non-hydrogen) atoms. The van der Waals surface area contributed by atoms with Gasteiger partial charge < -0.3 is 15.4 Å². The molecule has 0 bridgehead atoms. The number of fused-ring (bicyclic) bond motifs is 1. The molecule has 0 saturated heterocycles. The number of hydrogen-bond acceptors (Lipinski definition) is 4. The van der Waals surface area contributed by atoms with Crippen molar-refractivity contribution in [3.05, 3.63) is 60.9 Å². The second kappa shape index (κ2) is 5.94. The number of nitrogens with zero attached hydrogens (tertiary/aromatic N) is 3. The fourth-order valence-electron chi connectivity index (χ4n) is 3.11. The Morgan fingerprint density at radius 1 is 1.08 bits per heavy atom. The molecule has 4 aromatic rings. The Balaban J connectivity index is 1.96. The van der Waals surface area contributed by atoms with Crippen LogP contribution < -0.4 is 5.73 Å². The van der Waals surface area contributed by atoms with Crippen LogP contribution in [0.2, 0.25) is 0 Å². The Kier molecular flexibility index (Phi) is 3.61. The van der Waals surface area contributed by atoms with Gasteiger partial charge in [0.2, 0.25) is 5.95 Å². The normalized spacial score (nSPS) is 11.1. The number of nitrogens with two attached hydrogens (primary N) is 1. The molecule has 2 heterocycles. The minimum Gasteiger partial charge on any atom is -0.507 e. The van der Waals surface area contributed by atoms with Gasteiger partial charge in [-0.3, -0.25) is 0 Å². The third kappa shape index (κ3) is 2.59. The lowest BCUT2D eigenvalue weighted by Crippen LogP contribution is -1.99. The van der Waals surface area contributed by atoms with E-state index in [1.54, 1.807) is 18.3 Å². The zero-order valence-electron chi connectivity index (χ0n) is 13.8. The number of phenolic OH excluding ortho intramolecular Hbond substituents is 1. The predicted molar refractivity (Wildman–Crippen MR) is 100 cm³/mol. The standard InChI is InChI=1S/C20H18N4O/c1-2-24-10-9-13-7-8-14(11-17(13)24)16-12-22-20(21)23-19(16)15-5-3-4-6-18(15)25/h3-12,25H,2H2,1H3,(H2,21,22,23). The lowest BCUT2D eigenvalue weighted by atomic mass is 9.99. The lowest BCUT2D eigenvalue weighted by molar-refractivity contribution is 0.477. The molecule has 2 aromatic heterocycles. The molecule has 2 aromatic carbocycles. The summed E-state index contributed by atoms with van der Waals surface area (Å²) >= 11 is 0. The number of hydrogen-bond donors (Lipinski definition) is 2. The molecular formula is C20H18N4O. The van der Waals surface area contributed by atoms with Crippen LogP contribution >= 0.6 is 0 Å². The van der Waals surface area contributed by atoms with Gasteiger partial charge in [-0.05, 0) is 42.1 Å². The van der Waals surface area contributed by atoms with Crippen molar-refractivity contribution in [1.82, 2.24) is 14.5 Å². The molecule has 0 radical (unpaired) electrons. The molecule has 124 valence electrons. The highest BCUT2D eigenvalue weighted by Gasteiger charge is 2.14. The number of aromatic nitrogens is 3. The molecule has 0 aliphatic carbocycles.